The van der Waals surface area contributed by atoms with E-state index in [-0.39, 0.29) is 0 Å². The Balaban J connectivity index is 2.28. The maximum absolute atomic E-state index is 11.9. The molecule has 5 heteroatoms. The molecule has 1 aromatic heterocycles. The molecule has 0 aliphatic rings. The van der Waals surface area contributed by atoms with Crippen molar-refractivity contribution in [2.75, 3.05) is 0 Å². The third kappa shape index (κ3) is 4.39. The second-order valence-electron chi connectivity index (χ2n) is 9.08. The molecule has 3 nitrogen and oxygen atoms in total. The van der Waals surface area contributed by atoms with Crippen LogP contribution in [0, 0.1) is 22.9 Å². The normalized spacial score (nSPS) is 11.6. The number of hydrogen-bond donors (Lipinski definition) is 1. The molecule has 1 N–H and O–H groups in total. The fourth-order valence-corrected chi connectivity index (χ4v) is 3.94. The lowest BCUT2D eigenvalue weighted by Crippen LogP contribution is -2.16. The molecule has 0 aliphatic heterocycles. The fourth-order valence-electron chi connectivity index (χ4n) is 2.90. The van der Waals surface area contributed by atoms with Gasteiger partial charge in [0.15, 0.2) is 0 Å². The third-order valence-corrected chi connectivity index (χ3v) is 5.87. The summed E-state index contributed by atoms with van der Waals surface area (Å²) in [6.45, 7) is 13.2. The maximum Gasteiger partial charge on any atom is 0.416 e. The topological polar surface area (TPSA) is 42.2 Å². The van der Waals surface area contributed by atoms with Crippen molar-refractivity contribution in [3.05, 3.63) is 47.5 Å². The number of aromatic nitrogens is 1. The Morgan fingerprint density at radius 1 is 0.786 bits per heavy atom. The summed E-state index contributed by atoms with van der Waals surface area (Å²) < 4.78 is 1.34. The zero-order chi connectivity index (χ0) is 20.7. The molecule has 2 aromatic carbocycles. The first-order chi connectivity index (χ1) is 12.9. The molecule has 0 fully saturated rings. The quantitative estimate of drug-likeness (QED) is 0.382. The van der Waals surface area contributed by atoms with Crippen LogP contribution in [0.25, 0.3) is 21.8 Å². The Morgan fingerprint density at radius 3 is 1.50 bits per heavy atom. The summed E-state index contributed by atoms with van der Waals surface area (Å²) in [7, 11) is -2.97. The van der Waals surface area contributed by atoms with Gasteiger partial charge in [-0.05, 0) is 36.4 Å². The van der Waals surface area contributed by atoms with Crippen molar-refractivity contribution in [2.45, 2.75) is 39.3 Å². The Kier molecular flexibility index (Phi) is 5.01. The Hall–Kier alpha value is -2.74. The Labute approximate surface area is 168 Å². The lowest BCUT2D eigenvalue weighted by Gasteiger charge is -2.03. The molecule has 0 radical (unpaired) electrons. The van der Waals surface area contributed by atoms with Gasteiger partial charge >= 0.3 is 6.09 Å². The van der Waals surface area contributed by atoms with Crippen molar-refractivity contribution >= 4 is 44.0 Å². The van der Waals surface area contributed by atoms with Crippen LogP contribution in [0.2, 0.25) is 39.3 Å². The predicted octanol–water partition coefficient (Wildman–Crippen LogP) is 5.78. The third-order valence-electron chi connectivity index (χ3n) is 4.12. The summed E-state index contributed by atoms with van der Waals surface area (Å²) >= 11 is 0. The monoisotopic (exact) mass is 403 g/mol. The van der Waals surface area contributed by atoms with Crippen molar-refractivity contribution in [2.24, 2.45) is 0 Å². The molecule has 142 valence electrons. The largest absolute Gasteiger partial charge is 0.464 e. The highest BCUT2D eigenvalue weighted by Gasteiger charge is 2.16. The van der Waals surface area contributed by atoms with Gasteiger partial charge in [0, 0.05) is 21.9 Å². The number of benzene rings is 2. The van der Waals surface area contributed by atoms with Gasteiger partial charge in [-0.2, -0.15) is 0 Å². The number of carboxylic acid groups (broad SMARTS) is 1. The van der Waals surface area contributed by atoms with E-state index in [9.17, 15) is 9.90 Å². The van der Waals surface area contributed by atoms with Crippen LogP contribution in [-0.2, 0) is 0 Å². The van der Waals surface area contributed by atoms with Crippen molar-refractivity contribution in [1.82, 2.24) is 4.57 Å². The number of nitrogens with zero attached hydrogens (tertiary/aromatic N) is 1. The SMILES string of the molecule is C[Si](C)(C)C#Cc1ccc2c(c1)c1cc(C#C[Si](C)(C)C)ccc1n2C(=O)O. The van der Waals surface area contributed by atoms with E-state index < -0.39 is 22.2 Å². The van der Waals surface area contributed by atoms with Crippen LogP contribution in [0.4, 0.5) is 4.79 Å². The molecule has 0 unspecified atom stereocenters. The van der Waals surface area contributed by atoms with Gasteiger partial charge in [0.1, 0.15) is 16.1 Å². The highest BCUT2D eigenvalue weighted by molar-refractivity contribution is 6.84. The molecule has 0 spiro atoms. The molecule has 0 aliphatic carbocycles. The van der Waals surface area contributed by atoms with Crippen molar-refractivity contribution in [3.8, 4) is 22.9 Å². The van der Waals surface area contributed by atoms with E-state index >= 15 is 0 Å². The summed E-state index contributed by atoms with van der Waals surface area (Å²) in [4.78, 5) is 11.9. The van der Waals surface area contributed by atoms with Crippen LogP contribution < -0.4 is 0 Å². The zero-order valence-corrected chi connectivity index (χ0v) is 19.3. The second-order valence-corrected chi connectivity index (χ2v) is 18.6. The summed E-state index contributed by atoms with van der Waals surface area (Å²) in [5.74, 6) is 6.54. The Morgan fingerprint density at radius 2 is 1.18 bits per heavy atom. The standard InChI is InChI=1S/C23H25NO2Si2/c1-27(2,3)13-11-17-7-9-21-19(15-17)20-16-18(12-14-28(4,5)6)8-10-22(20)24(21)23(25)26/h7-10,15-16H,1-6H3,(H,25,26). The highest BCUT2D eigenvalue weighted by Crippen LogP contribution is 2.30. The summed E-state index contributed by atoms with van der Waals surface area (Å²) in [5.41, 5.74) is 9.94. The molecule has 1 heterocycles. The van der Waals surface area contributed by atoms with E-state index in [2.05, 4.69) is 62.2 Å². The van der Waals surface area contributed by atoms with Crippen LogP contribution in [0.5, 0.6) is 0 Å². The molecule has 28 heavy (non-hydrogen) atoms. The van der Waals surface area contributed by atoms with Crippen LogP contribution >= 0.6 is 0 Å². The first-order valence-electron chi connectivity index (χ1n) is 9.32. The molecule has 3 rings (SSSR count). The van der Waals surface area contributed by atoms with Gasteiger partial charge in [0.2, 0.25) is 0 Å². The van der Waals surface area contributed by atoms with Gasteiger partial charge in [-0.1, -0.05) is 51.1 Å². The number of rotatable bonds is 0. The van der Waals surface area contributed by atoms with Gasteiger partial charge in [-0.15, -0.1) is 11.1 Å². The average molecular weight is 404 g/mol. The fraction of sp³-hybridized carbons (Fsp3) is 0.261. The van der Waals surface area contributed by atoms with Gasteiger partial charge in [-0.25, -0.2) is 9.36 Å². The van der Waals surface area contributed by atoms with E-state index in [1.807, 2.05) is 36.4 Å². The Bertz CT molecular complexity index is 1130. The molecule has 0 amide bonds. The first kappa shape index (κ1) is 20.0. The van der Waals surface area contributed by atoms with E-state index in [0.29, 0.717) is 11.0 Å². The summed E-state index contributed by atoms with van der Waals surface area (Å²) in [6, 6.07) is 11.5. The molecular formula is C23H25NO2Si2. The molecule has 0 atom stereocenters. The number of hydrogen-bond acceptors (Lipinski definition) is 1. The van der Waals surface area contributed by atoms with Crippen molar-refractivity contribution < 1.29 is 9.90 Å². The van der Waals surface area contributed by atoms with E-state index in [0.717, 1.165) is 21.9 Å². The van der Waals surface area contributed by atoms with Gasteiger partial charge in [0.05, 0.1) is 11.0 Å². The summed E-state index contributed by atoms with van der Waals surface area (Å²) in [6.07, 6.45) is -0.984. The van der Waals surface area contributed by atoms with E-state index in [4.69, 9.17) is 0 Å². The predicted molar refractivity (Wildman–Crippen MR) is 123 cm³/mol. The van der Waals surface area contributed by atoms with Gasteiger partial charge in [-0.3, -0.25) is 0 Å². The van der Waals surface area contributed by atoms with Crippen LogP contribution in [0.3, 0.4) is 0 Å². The summed E-state index contributed by atoms with van der Waals surface area (Å²) in [5, 5.41) is 11.5. The highest BCUT2D eigenvalue weighted by atomic mass is 28.3. The zero-order valence-electron chi connectivity index (χ0n) is 17.3. The molecule has 3 aromatic rings. The molecule has 0 saturated carbocycles. The smallest absolute Gasteiger partial charge is 0.416 e. The van der Waals surface area contributed by atoms with E-state index in [1.54, 1.807) is 0 Å². The van der Waals surface area contributed by atoms with Gasteiger partial charge in [0.25, 0.3) is 0 Å². The second kappa shape index (κ2) is 7.02. The van der Waals surface area contributed by atoms with Crippen LogP contribution in [-0.4, -0.2) is 31.9 Å². The van der Waals surface area contributed by atoms with Crippen molar-refractivity contribution in [1.29, 1.82) is 0 Å². The average Bonchev–Trinajstić information content (AvgIpc) is 2.90. The first-order valence-corrected chi connectivity index (χ1v) is 16.3. The minimum absolute atomic E-state index is 0.677. The minimum Gasteiger partial charge on any atom is -0.464 e. The lowest BCUT2D eigenvalue weighted by atomic mass is 10.1. The molecular weight excluding hydrogens is 378 g/mol. The minimum atomic E-state index is -1.49. The lowest BCUT2D eigenvalue weighted by molar-refractivity contribution is 0.198. The van der Waals surface area contributed by atoms with Crippen LogP contribution in [0.1, 0.15) is 11.1 Å². The molecule has 0 saturated heterocycles. The maximum atomic E-state index is 11.9. The number of fused-ring (bicyclic) bond motifs is 3. The van der Waals surface area contributed by atoms with E-state index in [1.165, 1.54) is 4.57 Å². The van der Waals surface area contributed by atoms with Crippen molar-refractivity contribution in [3.63, 3.8) is 0 Å². The van der Waals surface area contributed by atoms with Crippen LogP contribution in [0.15, 0.2) is 36.4 Å². The van der Waals surface area contributed by atoms with Gasteiger partial charge < -0.3 is 5.11 Å². The molecule has 0 bridgehead atoms. The number of carbonyl (C=O) groups is 1.